The predicted molar refractivity (Wildman–Crippen MR) is 130 cm³/mol. The van der Waals surface area contributed by atoms with E-state index in [1.165, 1.54) is 56.7 Å². The number of fused-ring (bicyclic) bond motifs is 3. The Labute approximate surface area is 193 Å². The van der Waals surface area contributed by atoms with Crippen LogP contribution in [0.5, 0.6) is 0 Å². The molecular formula is C28H35ClN2. The number of anilines is 2. The summed E-state index contributed by atoms with van der Waals surface area (Å²) in [4.78, 5) is 5.54. The first-order valence-electron chi connectivity index (χ1n) is 12.4. The summed E-state index contributed by atoms with van der Waals surface area (Å²) in [5, 5.41) is 0. The van der Waals surface area contributed by atoms with Gasteiger partial charge in [0.1, 0.15) is 0 Å². The summed E-state index contributed by atoms with van der Waals surface area (Å²) >= 11 is 0. The van der Waals surface area contributed by atoms with E-state index in [-0.39, 0.29) is 12.4 Å². The van der Waals surface area contributed by atoms with Gasteiger partial charge in [-0.05, 0) is 91.9 Å². The number of hydrogen-bond acceptors (Lipinski definition) is 2. The van der Waals surface area contributed by atoms with Gasteiger partial charge in [0.05, 0.1) is 0 Å². The number of para-hydroxylation sites is 2. The Morgan fingerprint density at radius 3 is 2.16 bits per heavy atom. The largest absolute Gasteiger partial charge is 0.337 e. The van der Waals surface area contributed by atoms with E-state index in [1.54, 1.807) is 24.8 Å². The van der Waals surface area contributed by atoms with E-state index in [0.717, 1.165) is 17.8 Å². The lowest BCUT2D eigenvalue weighted by Crippen LogP contribution is -2.54. The van der Waals surface area contributed by atoms with Crippen molar-refractivity contribution < 1.29 is 0 Å². The Kier molecular flexibility index (Phi) is 4.88. The molecule has 3 heteroatoms. The van der Waals surface area contributed by atoms with Crippen LogP contribution < -0.4 is 4.90 Å². The lowest BCUT2D eigenvalue weighted by molar-refractivity contribution is -0.0721. The summed E-state index contributed by atoms with van der Waals surface area (Å²) in [5.41, 5.74) is 5.07. The van der Waals surface area contributed by atoms with Crippen LogP contribution in [0.1, 0.15) is 56.4 Å². The van der Waals surface area contributed by atoms with Gasteiger partial charge in [0.2, 0.25) is 0 Å². The van der Waals surface area contributed by atoms with Crippen molar-refractivity contribution in [3.8, 4) is 0 Å². The van der Waals surface area contributed by atoms with Crippen molar-refractivity contribution in [2.45, 2.75) is 56.9 Å². The molecule has 5 fully saturated rings. The Bertz CT molecular complexity index is 906. The van der Waals surface area contributed by atoms with Crippen LogP contribution in [-0.4, -0.2) is 30.6 Å². The maximum atomic E-state index is 2.89. The fraction of sp³-hybridized carbons (Fsp3) is 0.571. The van der Waals surface area contributed by atoms with Gasteiger partial charge in [-0.3, -0.25) is 0 Å². The molecule has 31 heavy (non-hydrogen) atoms. The highest BCUT2D eigenvalue weighted by Gasteiger charge is 2.52. The van der Waals surface area contributed by atoms with Gasteiger partial charge < -0.3 is 9.80 Å². The highest BCUT2D eigenvalue weighted by Crippen LogP contribution is 2.60. The van der Waals surface area contributed by atoms with E-state index in [4.69, 9.17) is 0 Å². The van der Waals surface area contributed by atoms with Crippen LogP contribution in [0, 0.1) is 23.2 Å². The van der Waals surface area contributed by atoms with Crippen molar-refractivity contribution in [3.05, 3.63) is 60.2 Å². The fourth-order valence-electron chi connectivity index (χ4n) is 8.84. The minimum atomic E-state index is 0. The zero-order valence-electron chi connectivity index (χ0n) is 18.5. The maximum Gasteiger partial charge on any atom is 0.0450 e. The lowest BCUT2D eigenvalue weighted by Gasteiger charge is -2.58. The number of likely N-dealkylation sites (tertiary alicyclic amines) is 1. The zero-order chi connectivity index (χ0) is 19.7. The third kappa shape index (κ3) is 3.25. The third-order valence-corrected chi connectivity index (χ3v) is 9.35. The van der Waals surface area contributed by atoms with Crippen molar-refractivity contribution in [3.63, 3.8) is 0 Å². The highest BCUT2D eigenvalue weighted by atomic mass is 35.5. The summed E-state index contributed by atoms with van der Waals surface area (Å²) in [5.74, 6) is 3.85. The first-order valence-corrected chi connectivity index (χ1v) is 12.4. The van der Waals surface area contributed by atoms with E-state index in [9.17, 15) is 0 Å². The Hall–Kier alpha value is -1.51. The Morgan fingerprint density at radius 2 is 1.45 bits per heavy atom. The molecule has 1 saturated heterocycles. The minimum Gasteiger partial charge on any atom is -0.337 e. The molecular weight excluding hydrogens is 400 g/mol. The summed E-state index contributed by atoms with van der Waals surface area (Å²) in [7, 11) is 0. The lowest BCUT2D eigenvalue weighted by atomic mass is 9.49. The molecule has 0 N–H and O–H groups in total. The van der Waals surface area contributed by atoms with Crippen molar-refractivity contribution in [2.24, 2.45) is 23.2 Å². The molecule has 0 amide bonds. The van der Waals surface area contributed by atoms with Crippen LogP contribution >= 0.6 is 12.4 Å². The molecule has 6 aliphatic rings. The van der Waals surface area contributed by atoms with Crippen LogP contribution in [-0.2, 0) is 0 Å². The second kappa shape index (κ2) is 7.52. The molecule has 0 spiro atoms. The van der Waals surface area contributed by atoms with Gasteiger partial charge in [0.15, 0.2) is 0 Å². The number of piperidine rings is 1. The molecule has 4 saturated carbocycles. The molecule has 2 aliphatic heterocycles. The topological polar surface area (TPSA) is 6.48 Å². The van der Waals surface area contributed by atoms with Crippen LogP contribution in [0.15, 0.2) is 54.6 Å². The number of nitrogens with zero attached hydrogens (tertiary/aromatic N) is 2. The maximum absolute atomic E-state index is 2.89. The zero-order valence-corrected chi connectivity index (χ0v) is 19.3. The van der Waals surface area contributed by atoms with Gasteiger partial charge in [0, 0.05) is 43.0 Å². The van der Waals surface area contributed by atoms with E-state index < -0.39 is 0 Å². The number of hydrogen-bond donors (Lipinski definition) is 0. The molecule has 8 rings (SSSR count). The van der Waals surface area contributed by atoms with Crippen LogP contribution in [0.2, 0.25) is 0 Å². The quantitative estimate of drug-likeness (QED) is 0.534. The van der Waals surface area contributed by atoms with E-state index in [0.29, 0.717) is 17.4 Å². The molecule has 0 aromatic heterocycles. The Balaban J connectivity index is 0.00000185. The van der Waals surface area contributed by atoms with E-state index >= 15 is 0 Å². The number of benzene rings is 2. The third-order valence-electron chi connectivity index (χ3n) is 9.35. The molecule has 2 heterocycles. The minimum absolute atomic E-state index is 0. The van der Waals surface area contributed by atoms with Crippen molar-refractivity contribution >= 4 is 23.8 Å². The summed E-state index contributed by atoms with van der Waals surface area (Å²) < 4.78 is 0. The van der Waals surface area contributed by atoms with Crippen molar-refractivity contribution in [1.82, 2.24) is 4.90 Å². The Morgan fingerprint density at radius 1 is 0.806 bits per heavy atom. The highest BCUT2D eigenvalue weighted by molar-refractivity contribution is 5.85. The molecule has 2 atom stereocenters. The van der Waals surface area contributed by atoms with Crippen LogP contribution in [0.25, 0.3) is 0 Å². The van der Waals surface area contributed by atoms with Crippen LogP contribution in [0.3, 0.4) is 0 Å². The van der Waals surface area contributed by atoms with Crippen molar-refractivity contribution in [1.29, 1.82) is 0 Å². The molecule has 4 aliphatic carbocycles. The predicted octanol–water partition coefficient (Wildman–Crippen LogP) is 6.63. The van der Waals surface area contributed by atoms with Gasteiger partial charge in [-0.25, -0.2) is 0 Å². The average molecular weight is 435 g/mol. The second-order valence-corrected chi connectivity index (χ2v) is 11.4. The smallest absolute Gasteiger partial charge is 0.0450 e. The summed E-state index contributed by atoms with van der Waals surface area (Å²) in [6.07, 6.45) is 10.6. The molecule has 2 aromatic carbocycles. The van der Waals surface area contributed by atoms with Gasteiger partial charge in [-0.15, -0.1) is 12.4 Å². The first kappa shape index (κ1) is 20.1. The SMILES string of the molecule is Cl.c1ccc(N2c3ccccc3[C@@H]3CN(CC45CC6CC(CC(C6)C4)C5)CC[C@H]32)cc1. The molecule has 4 bridgehead atoms. The normalized spacial score (nSPS) is 37.9. The summed E-state index contributed by atoms with van der Waals surface area (Å²) in [6.45, 7) is 3.92. The number of rotatable bonds is 3. The first-order chi connectivity index (χ1) is 14.8. The fourth-order valence-corrected chi connectivity index (χ4v) is 8.84. The molecule has 2 aromatic rings. The van der Waals surface area contributed by atoms with Crippen LogP contribution in [0.4, 0.5) is 11.4 Å². The van der Waals surface area contributed by atoms with Gasteiger partial charge in [0.25, 0.3) is 0 Å². The van der Waals surface area contributed by atoms with Gasteiger partial charge >= 0.3 is 0 Å². The monoisotopic (exact) mass is 434 g/mol. The average Bonchev–Trinajstić information content (AvgIpc) is 3.07. The molecule has 0 unspecified atom stereocenters. The van der Waals surface area contributed by atoms with Gasteiger partial charge in [-0.2, -0.15) is 0 Å². The standard InChI is InChI=1S/C28H34N2.ClH/c1-2-6-23(7-3-1)30-26-9-5-4-8-24(26)25-18-29(11-10-27(25)30)19-28-15-20-12-21(16-28)14-22(13-20)17-28;/h1-9,20-22,25,27H,10-19H2;1H/t20?,21?,22?,25-,27+,28?;/m0./s1. The summed E-state index contributed by atoms with van der Waals surface area (Å²) in [6, 6.07) is 21.0. The molecule has 2 nitrogen and oxygen atoms in total. The number of halogens is 1. The van der Waals surface area contributed by atoms with E-state index in [2.05, 4.69) is 64.4 Å². The second-order valence-electron chi connectivity index (χ2n) is 11.4. The van der Waals surface area contributed by atoms with E-state index in [1.807, 2.05) is 0 Å². The molecule has 164 valence electrons. The van der Waals surface area contributed by atoms with Crippen molar-refractivity contribution in [2.75, 3.05) is 24.5 Å². The van der Waals surface area contributed by atoms with Gasteiger partial charge in [-0.1, -0.05) is 36.4 Å². The molecule has 0 radical (unpaired) electrons.